The topological polar surface area (TPSA) is 32.7 Å². The zero-order valence-electron chi connectivity index (χ0n) is 6.86. The Hall–Kier alpha value is -0.120. The summed E-state index contributed by atoms with van der Waals surface area (Å²) in [6, 6.07) is 0.495. The zero-order valence-corrected chi connectivity index (χ0v) is 6.86. The molecule has 0 spiro atoms. The molecule has 2 aliphatic rings. The first-order valence-electron chi connectivity index (χ1n) is 4.37. The molecule has 0 aromatic carbocycles. The van der Waals surface area contributed by atoms with Crippen molar-refractivity contribution in [2.75, 3.05) is 13.2 Å². The van der Waals surface area contributed by atoms with Crippen LogP contribution in [0, 0.1) is 5.92 Å². The van der Waals surface area contributed by atoms with Gasteiger partial charge in [-0.15, -0.1) is 0 Å². The first kappa shape index (κ1) is 7.53. The average Bonchev–Trinajstić information content (AvgIpc) is 2.46. The normalized spacial score (nSPS) is 44.7. The van der Waals surface area contributed by atoms with E-state index in [-0.39, 0.29) is 12.7 Å². The Morgan fingerprint density at radius 2 is 2.45 bits per heavy atom. The average molecular weight is 157 g/mol. The largest absolute Gasteiger partial charge is 0.396 e. The van der Waals surface area contributed by atoms with Gasteiger partial charge in [-0.05, 0) is 19.8 Å². The second kappa shape index (κ2) is 2.73. The molecule has 1 N–H and O–H groups in total. The van der Waals surface area contributed by atoms with Gasteiger partial charge in [0.05, 0.1) is 12.7 Å². The Balaban J connectivity index is 2.07. The lowest BCUT2D eigenvalue weighted by Gasteiger charge is -2.14. The number of aliphatic hydroxyl groups is 1. The molecule has 64 valence electrons. The predicted molar refractivity (Wildman–Crippen MR) is 40.9 cm³/mol. The lowest BCUT2D eigenvalue weighted by Crippen LogP contribution is -2.28. The van der Waals surface area contributed by atoms with E-state index in [1.165, 1.54) is 12.8 Å². The summed E-state index contributed by atoms with van der Waals surface area (Å²) in [7, 11) is 0. The van der Waals surface area contributed by atoms with Crippen LogP contribution >= 0.6 is 0 Å². The molecular weight excluding hydrogens is 142 g/mol. The van der Waals surface area contributed by atoms with Gasteiger partial charge in [-0.1, -0.05) is 0 Å². The minimum Gasteiger partial charge on any atom is -0.396 e. The third-order valence-electron chi connectivity index (χ3n) is 2.86. The van der Waals surface area contributed by atoms with Crippen LogP contribution in [0.25, 0.3) is 0 Å². The molecule has 0 aliphatic carbocycles. The minimum absolute atomic E-state index is 0.213. The molecule has 0 bridgehead atoms. The SMILES string of the molecule is C[C@H]1ON2CCC[C@@H]2[C@@H]1CO. The molecule has 0 aromatic rings. The molecule has 0 radical (unpaired) electrons. The Bertz CT molecular complexity index is 151. The summed E-state index contributed by atoms with van der Waals surface area (Å²) in [6.45, 7) is 3.35. The molecule has 2 fully saturated rings. The van der Waals surface area contributed by atoms with Crippen molar-refractivity contribution in [3.63, 3.8) is 0 Å². The van der Waals surface area contributed by atoms with Crippen LogP contribution in [-0.2, 0) is 4.84 Å². The Kier molecular flexibility index (Phi) is 1.87. The van der Waals surface area contributed by atoms with Gasteiger partial charge in [-0.3, -0.25) is 4.84 Å². The lowest BCUT2D eigenvalue weighted by atomic mass is 9.95. The number of hydroxylamine groups is 2. The van der Waals surface area contributed by atoms with Gasteiger partial charge in [0.2, 0.25) is 0 Å². The second-order valence-electron chi connectivity index (χ2n) is 3.51. The Morgan fingerprint density at radius 1 is 1.64 bits per heavy atom. The Morgan fingerprint density at radius 3 is 3.18 bits per heavy atom. The monoisotopic (exact) mass is 157 g/mol. The highest BCUT2D eigenvalue weighted by Crippen LogP contribution is 2.34. The van der Waals surface area contributed by atoms with Crippen molar-refractivity contribution >= 4 is 0 Å². The molecule has 2 heterocycles. The van der Waals surface area contributed by atoms with Crippen molar-refractivity contribution in [1.82, 2.24) is 5.06 Å². The van der Waals surface area contributed by atoms with Crippen LogP contribution in [0.1, 0.15) is 19.8 Å². The Labute approximate surface area is 66.9 Å². The molecule has 0 unspecified atom stereocenters. The summed E-state index contributed by atoms with van der Waals surface area (Å²) in [6.07, 6.45) is 2.62. The fraction of sp³-hybridized carbons (Fsp3) is 1.00. The van der Waals surface area contributed by atoms with E-state index >= 15 is 0 Å². The summed E-state index contributed by atoms with van der Waals surface area (Å²) >= 11 is 0. The molecule has 3 nitrogen and oxygen atoms in total. The van der Waals surface area contributed by atoms with Crippen LogP contribution in [0.4, 0.5) is 0 Å². The van der Waals surface area contributed by atoms with Gasteiger partial charge in [-0.25, -0.2) is 0 Å². The minimum atomic E-state index is 0.213. The van der Waals surface area contributed by atoms with Crippen LogP contribution in [0.5, 0.6) is 0 Å². The number of hydrogen-bond donors (Lipinski definition) is 1. The van der Waals surface area contributed by atoms with Gasteiger partial charge >= 0.3 is 0 Å². The number of hydrogen-bond acceptors (Lipinski definition) is 3. The van der Waals surface area contributed by atoms with Crippen molar-refractivity contribution in [1.29, 1.82) is 0 Å². The highest BCUT2D eigenvalue weighted by Gasteiger charge is 2.42. The van der Waals surface area contributed by atoms with E-state index in [1.54, 1.807) is 0 Å². The van der Waals surface area contributed by atoms with Crippen molar-refractivity contribution in [2.24, 2.45) is 5.92 Å². The number of aliphatic hydroxyl groups excluding tert-OH is 1. The number of rotatable bonds is 1. The van der Waals surface area contributed by atoms with Crippen LogP contribution < -0.4 is 0 Å². The maximum atomic E-state index is 9.08. The molecular formula is C8H15NO2. The van der Waals surface area contributed by atoms with E-state index in [2.05, 4.69) is 0 Å². The smallest absolute Gasteiger partial charge is 0.0831 e. The van der Waals surface area contributed by atoms with Gasteiger partial charge < -0.3 is 5.11 Å². The van der Waals surface area contributed by atoms with Crippen molar-refractivity contribution in [2.45, 2.75) is 31.9 Å². The lowest BCUT2D eigenvalue weighted by molar-refractivity contribution is -0.143. The van der Waals surface area contributed by atoms with E-state index in [0.717, 1.165) is 6.54 Å². The molecule has 0 saturated carbocycles. The standard InChI is InChI=1S/C8H15NO2/c1-6-7(5-10)8-3-2-4-9(8)11-6/h6-8,10H,2-5H2,1H3/t6-,7-,8-/m1/s1. The van der Waals surface area contributed by atoms with Crippen molar-refractivity contribution in [3.05, 3.63) is 0 Å². The zero-order chi connectivity index (χ0) is 7.84. The highest BCUT2D eigenvalue weighted by molar-refractivity contribution is 4.88. The highest BCUT2D eigenvalue weighted by atomic mass is 16.7. The summed E-state index contributed by atoms with van der Waals surface area (Å²) in [5, 5.41) is 11.1. The van der Waals surface area contributed by atoms with Gasteiger partial charge in [0, 0.05) is 18.5 Å². The molecule has 2 rings (SSSR count). The summed E-state index contributed by atoms with van der Waals surface area (Å²) in [5.41, 5.74) is 0. The fourth-order valence-electron chi connectivity index (χ4n) is 2.20. The van der Waals surface area contributed by atoms with Crippen LogP contribution in [0.3, 0.4) is 0 Å². The van der Waals surface area contributed by atoms with Crippen LogP contribution in [0.15, 0.2) is 0 Å². The second-order valence-corrected chi connectivity index (χ2v) is 3.51. The third kappa shape index (κ3) is 1.08. The first-order valence-corrected chi connectivity index (χ1v) is 4.37. The molecule has 2 saturated heterocycles. The predicted octanol–water partition coefficient (Wildman–Crippen LogP) is 0.393. The molecule has 0 aromatic heterocycles. The van der Waals surface area contributed by atoms with Gasteiger partial charge in [0.15, 0.2) is 0 Å². The number of nitrogens with zero attached hydrogens (tertiary/aromatic N) is 1. The number of fused-ring (bicyclic) bond motifs is 1. The van der Waals surface area contributed by atoms with Crippen molar-refractivity contribution in [3.8, 4) is 0 Å². The molecule has 3 heteroatoms. The van der Waals surface area contributed by atoms with E-state index in [1.807, 2.05) is 12.0 Å². The maximum Gasteiger partial charge on any atom is 0.0831 e. The van der Waals surface area contributed by atoms with E-state index < -0.39 is 0 Å². The molecule has 0 amide bonds. The quantitative estimate of drug-likeness (QED) is 0.597. The summed E-state index contributed by atoms with van der Waals surface area (Å²) in [5.74, 6) is 0.345. The summed E-state index contributed by atoms with van der Waals surface area (Å²) in [4.78, 5) is 5.56. The van der Waals surface area contributed by atoms with E-state index in [9.17, 15) is 0 Å². The van der Waals surface area contributed by atoms with Crippen LogP contribution in [0.2, 0.25) is 0 Å². The molecule has 3 atom stereocenters. The van der Waals surface area contributed by atoms with E-state index in [4.69, 9.17) is 9.94 Å². The maximum absolute atomic E-state index is 9.08. The summed E-state index contributed by atoms with van der Waals surface area (Å²) < 4.78 is 0. The third-order valence-corrected chi connectivity index (χ3v) is 2.86. The van der Waals surface area contributed by atoms with Gasteiger partial charge in [0.25, 0.3) is 0 Å². The fourth-order valence-corrected chi connectivity index (χ4v) is 2.20. The first-order chi connectivity index (χ1) is 5.33. The van der Waals surface area contributed by atoms with Crippen LogP contribution in [-0.4, -0.2) is 35.5 Å². The van der Waals surface area contributed by atoms with Crippen molar-refractivity contribution < 1.29 is 9.94 Å². The van der Waals surface area contributed by atoms with E-state index in [0.29, 0.717) is 12.0 Å². The molecule has 11 heavy (non-hydrogen) atoms. The van der Waals surface area contributed by atoms with Gasteiger partial charge in [0.1, 0.15) is 0 Å². The molecule has 2 aliphatic heterocycles. The van der Waals surface area contributed by atoms with Gasteiger partial charge in [-0.2, -0.15) is 5.06 Å².